The van der Waals surface area contributed by atoms with Gasteiger partial charge in [0.15, 0.2) is 0 Å². The third-order valence-corrected chi connectivity index (χ3v) is 2.86. The van der Waals surface area contributed by atoms with Crippen LogP contribution in [0.25, 0.3) is 0 Å². The number of para-hydroxylation sites is 1. The lowest BCUT2D eigenvalue weighted by molar-refractivity contribution is -0.143. The monoisotopic (exact) mass is 261 g/mol. The highest BCUT2D eigenvalue weighted by Gasteiger charge is 2.32. The van der Waals surface area contributed by atoms with Gasteiger partial charge in [0.1, 0.15) is 11.6 Å². The molecule has 0 heterocycles. The van der Waals surface area contributed by atoms with Crippen LogP contribution in [0.5, 0.6) is 0 Å². The van der Waals surface area contributed by atoms with Gasteiger partial charge in [-0.3, -0.25) is 0 Å². The molecule has 0 aliphatic heterocycles. The number of nitriles is 1. The van der Waals surface area contributed by atoms with Crippen molar-refractivity contribution in [3.63, 3.8) is 0 Å². The molecule has 19 heavy (non-hydrogen) atoms. The first kappa shape index (κ1) is 14.5. The van der Waals surface area contributed by atoms with Gasteiger partial charge >= 0.3 is 12.0 Å². The molecule has 0 aromatic heterocycles. The number of nitrogens with one attached hydrogen (secondary N) is 2. The standard InChI is InChI=1S/C13H15N3O3/c1-3-13(2,11(17)18)16-12(19)15-10-7-5-4-6-9(10)8-14/h4-7H,3H2,1-2H3,(H,17,18)(H2,15,16,19). The molecule has 1 atom stereocenters. The minimum absolute atomic E-state index is 0.246. The number of benzene rings is 1. The molecule has 0 aliphatic rings. The predicted octanol–water partition coefficient (Wildman–Crippen LogP) is 1.93. The fraction of sp³-hybridized carbons (Fsp3) is 0.308. The molecule has 1 aromatic carbocycles. The summed E-state index contributed by atoms with van der Waals surface area (Å²) >= 11 is 0. The lowest BCUT2D eigenvalue weighted by Gasteiger charge is -2.24. The van der Waals surface area contributed by atoms with Gasteiger partial charge in [-0.2, -0.15) is 5.26 Å². The van der Waals surface area contributed by atoms with Crippen molar-refractivity contribution in [2.24, 2.45) is 0 Å². The Labute approximate surface area is 111 Å². The number of hydrogen-bond donors (Lipinski definition) is 3. The highest BCUT2D eigenvalue weighted by atomic mass is 16.4. The Bertz CT molecular complexity index is 536. The number of aliphatic carboxylic acids is 1. The molecule has 1 aromatic rings. The Kier molecular flexibility index (Phi) is 4.48. The summed E-state index contributed by atoms with van der Waals surface area (Å²) < 4.78 is 0. The van der Waals surface area contributed by atoms with Gasteiger partial charge < -0.3 is 15.7 Å². The molecule has 2 amide bonds. The Morgan fingerprint density at radius 3 is 2.58 bits per heavy atom. The van der Waals surface area contributed by atoms with E-state index < -0.39 is 17.5 Å². The van der Waals surface area contributed by atoms with Gasteiger partial charge in [-0.25, -0.2) is 9.59 Å². The number of carbonyl (C=O) groups excluding carboxylic acids is 1. The van der Waals surface area contributed by atoms with Crippen molar-refractivity contribution >= 4 is 17.7 Å². The van der Waals surface area contributed by atoms with Crippen molar-refractivity contribution < 1.29 is 14.7 Å². The van der Waals surface area contributed by atoms with E-state index in [0.29, 0.717) is 11.3 Å². The normalized spacial score (nSPS) is 12.9. The van der Waals surface area contributed by atoms with Crippen molar-refractivity contribution in [3.05, 3.63) is 29.8 Å². The SMILES string of the molecule is CCC(C)(NC(=O)Nc1ccccc1C#N)C(=O)O. The molecule has 0 bridgehead atoms. The first-order chi connectivity index (χ1) is 8.92. The molecule has 0 aliphatic carbocycles. The van der Waals surface area contributed by atoms with Crippen LogP contribution in [0.15, 0.2) is 24.3 Å². The van der Waals surface area contributed by atoms with Crippen LogP contribution < -0.4 is 10.6 Å². The predicted molar refractivity (Wildman–Crippen MR) is 69.6 cm³/mol. The van der Waals surface area contributed by atoms with Crippen molar-refractivity contribution in [1.82, 2.24) is 5.32 Å². The Morgan fingerprint density at radius 2 is 2.05 bits per heavy atom. The van der Waals surface area contributed by atoms with Crippen LogP contribution in [0.3, 0.4) is 0 Å². The minimum Gasteiger partial charge on any atom is -0.480 e. The zero-order valence-corrected chi connectivity index (χ0v) is 10.7. The smallest absolute Gasteiger partial charge is 0.329 e. The van der Waals surface area contributed by atoms with Gasteiger partial charge in [-0.05, 0) is 25.5 Å². The summed E-state index contributed by atoms with van der Waals surface area (Å²) in [5.41, 5.74) is -0.691. The van der Waals surface area contributed by atoms with E-state index in [1.807, 2.05) is 6.07 Å². The molecule has 0 saturated carbocycles. The van der Waals surface area contributed by atoms with Crippen molar-refractivity contribution in [2.45, 2.75) is 25.8 Å². The Morgan fingerprint density at radius 1 is 1.42 bits per heavy atom. The second-order valence-corrected chi connectivity index (χ2v) is 4.23. The first-order valence-corrected chi connectivity index (χ1v) is 5.74. The summed E-state index contributed by atoms with van der Waals surface area (Å²) in [6.07, 6.45) is 0.246. The van der Waals surface area contributed by atoms with E-state index in [0.717, 1.165) is 0 Å². The van der Waals surface area contributed by atoms with E-state index in [4.69, 9.17) is 10.4 Å². The van der Waals surface area contributed by atoms with Crippen LogP contribution in [-0.4, -0.2) is 22.6 Å². The number of hydrogen-bond acceptors (Lipinski definition) is 3. The quantitative estimate of drug-likeness (QED) is 0.770. The van der Waals surface area contributed by atoms with Crippen molar-refractivity contribution in [2.75, 3.05) is 5.32 Å². The third-order valence-electron chi connectivity index (χ3n) is 2.86. The molecule has 0 radical (unpaired) electrons. The summed E-state index contributed by atoms with van der Waals surface area (Å²) in [5, 5.41) is 22.8. The average Bonchev–Trinajstić information content (AvgIpc) is 2.38. The minimum atomic E-state index is -1.34. The van der Waals surface area contributed by atoms with Gasteiger partial charge in [0, 0.05) is 0 Å². The molecule has 0 fully saturated rings. The zero-order valence-electron chi connectivity index (χ0n) is 10.7. The Hall–Kier alpha value is -2.55. The van der Waals surface area contributed by atoms with Crippen LogP contribution in [0, 0.1) is 11.3 Å². The van der Waals surface area contributed by atoms with E-state index in [1.54, 1.807) is 31.2 Å². The topological polar surface area (TPSA) is 102 Å². The largest absolute Gasteiger partial charge is 0.480 e. The molecular weight excluding hydrogens is 246 g/mol. The lowest BCUT2D eigenvalue weighted by Crippen LogP contribution is -2.53. The van der Waals surface area contributed by atoms with Gasteiger partial charge in [-0.1, -0.05) is 19.1 Å². The Balaban J connectivity index is 2.81. The molecule has 0 saturated heterocycles. The highest BCUT2D eigenvalue weighted by molar-refractivity contribution is 5.94. The number of nitrogens with zero attached hydrogens (tertiary/aromatic N) is 1. The number of rotatable bonds is 4. The maximum atomic E-state index is 11.8. The highest BCUT2D eigenvalue weighted by Crippen LogP contribution is 2.14. The second kappa shape index (κ2) is 5.87. The summed E-state index contributed by atoms with van der Waals surface area (Å²) in [5.74, 6) is -1.11. The number of carbonyl (C=O) groups is 2. The van der Waals surface area contributed by atoms with Crippen molar-refractivity contribution in [1.29, 1.82) is 5.26 Å². The molecule has 3 N–H and O–H groups in total. The zero-order chi connectivity index (χ0) is 14.5. The third kappa shape index (κ3) is 3.45. The maximum absolute atomic E-state index is 11.8. The number of amides is 2. The van der Waals surface area contributed by atoms with Crippen LogP contribution in [0.1, 0.15) is 25.8 Å². The molecule has 6 heteroatoms. The summed E-state index contributed by atoms with van der Waals surface area (Å²) in [7, 11) is 0. The van der Waals surface area contributed by atoms with E-state index in [1.165, 1.54) is 6.92 Å². The van der Waals surface area contributed by atoms with Gasteiger partial charge in [0.25, 0.3) is 0 Å². The average molecular weight is 261 g/mol. The van der Waals surface area contributed by atoms with Crippen molar-refractivity contribution in [3.8, 4) is 6.07 Å². The molecular formula is C13H15N3O3. The molecule has 6 nitrogen and oxygen atoms in total. The molecule has 1 unspecified atom stereocenters. The number of carboxylic acids is 1. The van der Waals surface area contributed by atoms with E-state index in [2.05, 4.69) is 10.6 Å². The number of urea groups is 1. The summed E-state index contributed by atoms with van der Waals surface area (Å²) in [6.45, 7) is 3.09. The molecule has 1 rings (SSSR count). The molecule has 100 valence electrons. The van der Waals surface area contributed by atoms with Crippen LogP contribution in [-0.2, 0) is 4.79 Å². The van der Waals surface area contributed by atoms with Crippen LogP contribution in [0.4, 0.5) is 10.5 Å². The second-order valence-electron chi connectivity index (χ2n) is 4.23. The summed E-state index contributed by atoms with van der Waals surface area (Å²) in [4.78, 5) is 22.8. The molecule has 0 spiro atoms. The van der Waals surface area contributed by atoms with E-state index in [-0.39, 0.29) is 6.42 Å². The first-order valence-electron chi connectivity index (χ1n) is 5.74. The maximum Gasteiger partial charge on any atom is 0.329 e. The van der Waals surface area contributed by atoms with Gasteiger partial charge in [0.2, 0.25) is 0 Å². The van der Waals surface area contributed by atoms with Gasteiger partial charge in [0.05, 0.1) is 11.3 Å². The van der Waals surface area contributed by atoms with Gasteiger partial charge in [-0.15, -0.1) is 0 Å². The van der Waals surface area contributed by atoms with E-state index >= 15 is 0 Å². The van der Waals surface area contributed by atoms with Crippen LogP contribution >= 0.6 is 0 Å². The number of anilines is 1. The fourth-order valence-corrected chi connectivity index (χ4v) is 1.39. The number of carboxylic acid groups (broad SMARTS) is 1. The van der Waals surface area contributed by atoms with E-state index in [9.17, 15) is 9.59 Å². The summed E-state index contributed by atoms with van der Waals surface area (Å²) in [6, 6.07) is 7.77. The lowest BCUT2D eigenvalue weighted by atomic mass is 10.00. The van der Waals surface area contributed by atoms with Crippen LogP contribution in [0.2, 0.25) is 0 Å². The fourth-order valence-electron chi connectivity index (χ4n) is 1.39.